The quantitative estimate of drug-likeness (QED) is 0.735. The summed E-state index contributed by atoms with van der Waals surface area (Å²) < 4.78 is 18.6. The lowest BCUT2D eigenvalue weighted by Crippen LogP contribution is -2.10. The van der Waals surface area contributed by atoms with E-state index in [2.05, 4.69) is 19.6 Å². The van der Waals surface area contributed by atoms with Gasteiger partial charge in [0.2, 0.25) is 0 Å². The van der Waals surface area contributed by atoms with Gasteiger partial charge in [-0.1, -0.05) is 31.5 Å². The van der Waals surface area contributed by atoms with Crippen LogP contribution in [0.1, 0.15) is 18.9 Å². The van der Waals surface area contributed by atoms with Crippen LogP contribution in [0.4, 0.5) is 4.39 Å². The Hall–Kier alpha value is -0.540. The minimum atomic E-state index is -0.198. The molecule has 0 saturated carbocycles. The molecule has 0 radical (unpaired) electrons. The van der Waals surface area contributed by atoms with Gasteiger partial charge in [0.25, 0.3) is 0 Å². The molecular formula is C12H17FOS. The van der Waals surface area contributed by atoms with Gasteiger partial charge >= 0.3 is 0 Å². The molecule has 0 N–H and O–H groups in total. The fourth-order valence-corrected chi connectivity index (χ4v) is 1.61. The summed E-state index contributed by atoms with van der Waals surface area (Å²) in [5.74, 6) is 1.07. The van der Waals surface area contributed by atoms with E-state index >= 15 is 0 Å². The molecule has 1 unspecified atom stereocenters. The first-order valence-corrected chi connectivity index (χ1v) is 5.83. The Morgan fingerprint density at radius 1 is 1.40 bits per heavy atom. The summed E-state index contributed by atoms with van der Waals surface area (Å²) in [6.07, 6.45) is 1.04. The highest BCUT2D eigenvalue weighted by Crippen LogP contribution is 2.10. The van der Waals surface area contributed by atoms with Gasteiger partial charge in [0.05, 0.1) is 13.2 Å². The molecule has 0 spiro atoms. The molecule has 3 heteroatoms. The summed E-state index contributed by atoms with van der Waals surface area (Å²) in [6.45, 7) is 3.10. The Bertz CT molecular complexity index is 287. The summed E-state index contributed by atoms with van der Waals surface area (Å²) >= 11 is 4.22. The Morgan fingerprint density at radius 3 is 2.73 bits per heavy atom. The van der Waals surface area contributed by atoms with Crippen molar-refractivity contribution in [2.45, 2.75) is 20.0 Å². The van der Waals surface area contributed by atoms with Crippen molar-refractivity contribution in [1.29, 1.82) is 0 Å². The zero-order valence-electron chi connectivity index (χ0n) is 8.95. The molecule has 15 heavy (non-hydrogen) atoms. The van der Waals surface area contributed by atoms with Crippen molar-refractivity contribution in [3.05, 3.63) is 35.6 Å². The third-order valence-corrected chi connectivity index (χ3v) is 2.92. The van der Waals surface area contributed by atoms with Gasteiger partial charge in [-0.15, -0.1) is 0 Å². The molecule has 0 aliphatic carbocycles. The molecule has 0 aromatic heterocycles. The van der Waals surface area contributed by atoms with E-state index in [-0.39, 0.29) is 5.82 Å². The van der Waals surface area contributed by atoms with Crippen molar-refractivity contribution in [2.75, 3.05) is 12.4 Å². The van der Waals surface area contributed by atoms with Crippen molar-refractivity contribution in [3.8, 4) is 0 Å². The van der Waals surface area contributed by atoms with Crippen LogP contribution in [0.5, 0.6) is 0 Å². The zero-order valence-corrected chi connectivity index (χ0v) is 9.84. The molecule has 1 aromatic carbocycles. The second-order valence-electron chi connectivity index (χ2n) is 3.56. The molecule has 0 saturated heterocycles. The number of rotatable bonds is 6. The van der Waals surface area contributed by atoms with E-state index in [0.717, 1.165) is 12.2 Å². The number of hydrogen-bond acceptors (Lipinski definition) is 2. The van der Waals surface area contributed by atoms with Crippen molar-refractivity contribution >= 4 is 12.6 Å². The smallest absolute Gasteiger partial charge is 0.128 e. The van der Waals surface area contributed by atoms with Crippen molar-refractivity contribution in [2.24, 2.45) is 5.92 Å². The molecule has 0 bridgehead atoms. The maximum Gasteiger partial charge on any atom is 0.128 e. The van der Waals surface area contributed by atoms with Crippen molar-refractivity contribution < 1.29 is 9.13 Å². The van der Waals surface area contributed by atoms with Crippen molar-refractivity contribution in [1.82, 2.24) is 0 Å². The van der Waals surface area contributed by atoms with Crippen LogP contribution < -0.4 is 0 Å². The van der Waals surface area contributed by atoms with Gasteiger partial charge in [0.15, 0.2) is 0 Å². The average molecular weight is 228 g/mol. The second-order valence-corrected chi connectivity index (χ2v) is 3.93. The topological polar surface area (TPSA) is 9.23 Å². The Labute approximate surface area is 96.1 Å². The predicted molar refractivity (Wildman–Crippen MR) is 63.7 cm³/mol. The highest BCUT2D eigenvalue weighted by Gasteiger charge is 2.05. The molecule has 0 heterocycles. The molecular weight excluding hydrogens is 211 g/mol. The number of thiol groups is 1. The minimum Gasteiger partial charge on any atom is -0.376 e. The molecule has 84 valence electrons. The summed E-state index contributed by atoms with van der Waals surface area (Å²) in [5, 5.41) is 0. The van der Waals surface area contributed by atoms with Crippen LogP contribution in [-0.2, 0) is 11.3 Å². The summed E-state index contributed by atoms with van der Waals surface area (Å²) in [5.41, 5.74) is 0.617. The third-order valence-electron chi connectivity index (χ3n) is 2.40. The zero-order chi connectivity index (χ0) is 11.1. The molecule has 0 fully saturated rings. The first-order valence-electron chi connectivity index (χ1n) is 5.20. The Balaban J connectivity index is 2.34. The van der Waals surface area contributed by atoms with Gasteiger partial charge in [-0.05, 0) is 17.7 Å². The van der Waals surface area contributed by atoms with Gasteiger partial charge in [-0.2, -0.15) is 12.6 Å². The fourth-order valence-electron chi connectivity index (χ4n) is 1.25. The van der Waals surface area contributed by atoms with E-state index in [9.17, 15) is 4.39 Å². The van der Waals surface area contributed by atoms with Gasteiger partial charge < -0.3 is 4.74 Å². The first-order chi connectivity index (χ1) is 7.27. The molecule has 0 aliphatic heterocycles. The number of benzene rings is 1. The number of ether oxygens (including phenoxy) is 1. The van der Waals surface area contributed by atoms with Gasteiger partial charge in [0.1, 0.15) is 5.82 Å². The first kappa shape index (κ1) is 12.5. The minimum absolute atomic E-state index is 0.198. The molecule has 1 aromatic rings. The number of hydrogen-bond donors (Lipinski definition) is 1. The van der Waals surface area contributed by atoms with Crippen LogP contribution in [0.3, 0.4) is 0 Å². The van der Waals surface area contributed by atoms with Gasteiger partial charge in [-0.3, -0.25) is 0 Å². The molecule has 1 rings (SSSR count). The van der Waals surface area contributed by atoms with Crippen LogP contribution in [0.25, 0.3) is 0 Å². The van der Waals surface area contributed by atoms with Crippen molar-refractivity contribution in [3.63, 3.8) is 0 Å². The van der Waals surface area contributed by atoms with Crippen LogP contribution in [0, 0.1) is 11.7 Å². The van der Waals surface area contributed by atoms with E-state index in [1.54, 1.807) is 12.1 Å². The highest BCUT2D eigenvalue weighted by atomic mass is 32.1. The largest absolute Gasteiger partial charge is 0.376 e. The van der Waals surface area contributed by atoms with Gasteiger partial charge in [0, 0.05) is 5.56 Å². The molecule has 1 atom stereocenters. The van der Waals surface area contributed by atoms with E-state index in [0.29, 0.717) is 24.7 Å². The van der Waals surface area contributed by atoms with Crippen LogP contribution in [-0.4, -0.2) is 12.4 Å². The third kappa shape index (κ3) is 4.22. The SMILES string of the molecule is CCC(CS)COCc1ccccc1F. The van der Waals surface area contributed by atoms with Crippen LogP contribution in [0.15, 0.2) is 24.3 Å². The highest BCUT2D eigenvalue weighted by molar-refractivity contribution is 7.80. The monoisotopic (exact) mass is 228 g/mol. The van der Waals surface area contributed by atoms with E-state index in [1.807, 2.05) is 6.07 Å². The maximum absolute atomic E-state index is 13.2. The molecule has 0 amide bonds. The summed E-state index contributed by atoms with van der Waals surface area (Å²) in [4.78, 5) is 0. The normalized spacial score (nSPS) is 12.7. The molecule has 0 aliphatic rings. The van der Waals surface area contributed by atoms with Crippen LogP contribution in [0.2, 0.25) is 0 Å². The van der Waals surface area contributed by atoms with Crippen LogP contribution >= 0.6 is 12.6 Å². The van der Waals surface area contributed by atoms with E-state index in [1.165, 1.54) is 6.07 Å². The van der Waals surface area contributed by atoms with E-state index in [4.69, 9.17) is 4.74 Å². The lowest BCUT2D eigenvalue weighted by Gasteiger charge is -2.12. The Morgan fingerprint density at radius 2 is 2.13 bits per heavy atom. The maximum atomic E-state index is 13.2. The average Bonchev–Trinajstić information content (AvgIpc) is 2.27. The molecule has 1 nitrogen and oxygen atoms in total. The second kappa shape index (κ2) is 6.85. The fraction of sp³-hybridized carbons (Fsp3) is 0.500. The summed E-state index contributed by atoms with van der Waals surface area (Å²) in [6, 6.07) is 6.70. The lowest BCUT2D eigenvalue weighted by atomic mass is 10.1. The lowest BCUT2D eigenvalue weighted by molar-refractivity contribution is 0.0905. The van der Waals surface area contributed by atoms with E-state index < -0.39 is 0 Å². The summed E-state index contributed by atoms with van der Waals surface area (Å²) in [7, 11) is 0. The predicted octanol–water partition coefficient (Wildman–Crippen LogP) is 3.30. The standard InChI is InChI=1S/C12H17FOS/c1-2-10(9-15)7-14-8-11-5-3-4-6-12(11)13/h3-6,10,15H,2,7-9H2,1H3. The Kier molecular flexibility index (Phi) is 5.73. The van der Waals surface area contributed by atoms with Gasteiger partial charge in [-0.25, -0.2) is 4.39 Å². The number of halogens is 1.